The number of carboxylic acids is 1. The summed E-state index contributed by atoms with van der Waals surface area (Å²) in [6.07, 6.45) is -0.238. The molecule has 1 saturated carbocycles. The van der Waals surface area contributed by atoms with Gasteiger partial charge in [-0.2, -0.15) is 13.2 Å². The van der Waals surface area contributed by atoms with E-state index in [4.69, 9.17) is 9.47 Å². The summed E-state index contributed by atoms with van der Waals surface area (Å²) in [5.74, 6) is -0.937. The van der Waals surface area contributed by atoms with E-state index < -0.39 is 37.1 Å². The molecule has 1 N–H and O–H groups in total. The molecule has 0 atom stereocenters. The van der Waals surface area contributed by atoms with Crippen LogP contribution >= 0.6 is 0 Å². The van der Waals surface area contributed by atoms with Gasteiger partial charge in [0.15, 0.2) is 17.4 Å². The molecular formula is C23H25F4N3O4. The van der Waals surface area contributed by atoms with Crippen LogP contribution in [0.4, 0.5) is 23.4 Å². The average Bonchev–Trinajstić information content (AvgIpc) is 3.62. The van der Waals surface area contributed by atoms with E-state index in [1.165, 1.54) is 18.3 Å². The Morgan fingerprint density at radius 2 is 1.91 bits per heavy atom. The molecule has 2 aromatic rings. The maximum Gasteiger partial charge on any atom is 0.411 e. The van der Waals surface area contributed by atoms with Gasteiger partial charge in [0, 0.05) is 18.7 Å². The Labute approximate surface area is 193 Å². The highest BCUT2D eigenvalue weighted by atomic mass is 19.4. The summed E-state index contributed by atoms with van der Waals surface area (Å²) in [7, 11) is 0. The molecule has 0 unspecified atom stereocenters. The highest BCUT2D eigenvalue weighted by molar-refractivity contribution is 5.74. The number of nitrogens with zero attached hydrogens (tertiary/aromatic N) is 3. The fourth-order valence-electron chi connectivity index (χ4n) is 3.78. The molecular weight excluding hydrogens is 458 g/mol. The number of ether oxygens (including phenoxy) is 2. The second kappa shape index (κ2) is 10.1. The second-order valence-electron chi connectivity index (χ2n) is 8.64. The molecule has 2 fully saturated rings. The molecule has 1 aliphatic carbocycles. The van der Waals surface area contributed by atoms with Crippen molar-refractivity contribution in [2.45, 2.75) is 38.5 Å². The van der Waals surface area contributed by atoms with Crippen LogP contribution in [0.3, 0.4) is 0 Å². The van der Waals surface area contributed by atoms with Crippen LogP contribution in [-0.4, -0.2) is 53.5 Å². The van der Waals surface area contributed by atoms with Crippen LogP contribution in [0.5, 0.6) is 5.75 Å². The van der Waals surface area contributed by atoms with Gasteiger partial charge in [0.05, 0.1) is 31.0 Å². The van der Waals surface area contributed by atoms with Gasteiger partial charge in [0.1, 0.15) is 12.3 Å². The van der Waals surface area contributed by atoms with Gasteiger partial charge in [0.2, 0.25) is 0 Å². The number of rotatable bonds is 9. The van der Waals surface area contributed by atoms with Gasteiger partial charge < -0.3 is 19.5 Å². The first-order valence-electron chi connectivity index (χ1n) is 11.1. The van der Waals surface area contributed by atoms with Gasteiger partial charge in [-0.1, -0.05) is 0 Å². The van der Waals surface area contributed by atoms with Gasteiger partial charge in [0.25, 0.3) is 0 Å². The summed E-state index contributed by atoms with van der Waals surface area (Å²) < 4.78 is 62.2. The van der Waals surface area contributed by atoms with E-state index in [1.807, 2.05) is 4.90 Å². The number of carbonyl (C=O) groups is 1. The highest BCUT2D eigenvalue weighted by Gasteiger charge is 2.29. The van der Waals surface area contributed by atoms with Crippen LogP contribution in [0.2, 0.25) is 0 Å². The predicted octanol–water partition coefficient (Wildman–Crippen LogP) is 4.45. The molecule has 0 amide bonds. The molecule has 184 valence electrons. The SMILES string of the molecule is O=C(O)C1CCN(c2nc(COCC(F)(F)F)cnc2-c2ccc(OCC3CC3)c(F)c2)CC1. The van der Waals surface area contributed by atoms with Crippen molar-refractivity contribution in [2.24, 2.45) is 11.8 Å². The minimum absolute atomic E-state index is 0.143. The maximum absolute atomic E-state index is 14.7. The van der Waals surface area contributed by atoms with Gasteiger partial charge in [-0.3, -0.25) is 9.78 Å². The van der Waals surface area contributed by atoms with E-state index in [1.54, 1.807) is 6.07 Å². The predicted molar refractivity (Wildman–Crippen MR) is 114 cm³/mol. The number of piperidine rings is 1. The van der Waals surface area contributed by atoms with Crippen molar-refractivity contribution < 1.29 is 36.9 Å². The smallest absolute Gasteiger partial charge is 0.411 e. The van der Waals surface area contributed by atoms with Gasteiger partial charge in [-0.05, 0) is 49.8 Å². The van der Waals surface area contributed by atoms with Crippen molar-refractivity contribution in [1.82, 2.24) is 9.97 Å². The van der Waals surface area contributed by atoms with Crippen LogP contribution in [0.1, 0.15) is 31.4 Å². The highest BCUT2D eigenvalue weighted by Crippen LogP contribution is 2.34. The summed E-state index contributed by atoms with van der Waals surface area (Å²) in [6.45, 7) is -0.601. The van der Waals surface area contributed by atoms with Gasteiger partial charge in [-0.15, -0.1) is 0 Å². The third kappa shape index (κ3) is 6.34. The lowest BCUT2D eigenvalue weighted by Gasteiger charge is -2.32. The molecule has 7 nitrogen and oxygen atoms in total. The Bertz CT molecular complexity index is 1020. The van der Waals surface area contributed by atoms with Crippen molar-refractivity contribution in [1.29, 1.82) is 0 Å². The molecule has 1 aromatic heterocycles. The molecule has 4 rings (SSSR count). The Kier molecular flexibility index (Phi) is 7.20. The number of hydrogen-bond donors (Lipinski definition) is 1. The first-order chi connectivity index (χ1) is 16.2. The number of carboxylic acid groups (broad SMARTS) is 1. The van der Waals surface area contributed by atoms with Crippen molar-refractivity contribution in [3.05, 3.63) is 35.9 Å². The molecule has 1 aromatic carbocycles. The minimum atomic E-state index is -4.46. The molecule has 2 aliphatic rings. The number of anilines is 1. The molecule has 1 saturated heterocycles. The summed E-state index contributed by atoms with van der Waals surface area (Å²) in [4.78, 5) is 21.9. The third-order valence-corrected chi connectivity index (χ3v) is 5.84. The van der Waals surface area contributed by atoms with Gasteiger partial charge in [-0.25, -0.2) is 9.37 Å². The van der Waals surface area contributed by atoms with E-state index in [2.05, 4.69) is 9.97 Å². The fraction of sp³-hybridized carbons (Fsp3) is 0.522. The largest absolute Gasteiger partial charge is 0.490 e. The van der Waals surface area contributed by atoms with E-state index in [0.717, 1.165) is 12.8 Å². The number of alkyl halides is 3. The van der Waals surface area contributed by atoms with E-state index in [9.17, 15) is 27.5 Å². The summed E-state index contributed by atoms with van der Waals surface area (Å²) in [6, 6.07) is 4.47. The molecule has 0 spiro atoms. The van der Waals surface area contributed by atoms with E-state index >= 15 is 0 Å². The standard InChI is InChI=1S/C23H25F4N3O4/c24-18-9-16(3-4-19(18)34-11-14-1-2-14)20-21(30-7-5-15(6-8-30)22(31)32)29-17(10-28-20)12-33-13-23(25,26)27/h3-4,9-10,14-15H,1-2,5-8,11-13H2,(H,31,32). The summed E-state index contributed by atoms with van der Waals surface area (Å²) in [5.41, 5.74) is 0.969. The van der Waals surface area contributed by atoms with Crippen LogP contribution in [-0.2, 0) is 16.1 Å². The molecule has 11 heteroatoms. The Morgan fingerprint density at radius 1 is 1.18 bits per heavy atom. The lowest BCUT2D eigenvalue weighted by Crippen LogP contribution is -2.37. The number of aliphatic carboxylic acids is 1. The van der Waals surface area contributed by atoms with E-state index in [-0.39, 0.29) is 11.4 Å². The summed E-state index contributed by atoms with van der Waals surface area (Å²) >= 11 is 0. The van der Waals surface area contributed by atoms with E-state index in [0.29, 0.717) is 55.5 Å². The topological polar surface area (TPSA) is 84.8 Å². The molecule has 1 aliphatic heterocycles. The number of hydrogen-bond acceptors (Lipinski definition) is 6. The maximum atomic E-state index is 14.7. The zero-order chi connectivity index (χ0) is 24.3. The Balaban J connectivity index is 1.57. The van der Waals surface area contributed by atoms with Gasteiger partial charge >= 0.3 is 12.1 Å². The van der Waals surface area contributed by atoms with Crippen LogP contribution in [0, 0.1) is 17.7 Å². The first kappa shape index (κ1) is 24.2. The quantitative estimate of drug-likeness (QED) is 0.528. The number of halogens is 4. The van der Waals surface area contributed by atoms with Crippen molar-refractivity contribution in [2.75, 3.05) is 31.2 Å². The number of aromatic nitrogens is 2. The number of benzene rings is 1. The normalized spacial score (nSPS) is 17.1. The fourth-order valence-corrected chi connectivity index (χ4v) is 3.78. The van der Waals surface area contributed by atoms with Crippen molar-refractivity contribution >= 4 is 11.8 Å². The van der Waals surface area contributed by atoms with Crippen LogP contribution in [0.15, 0.2) is 24.4 Å². The van der Waals surface area contributed by atoms with Crippen molar-refractivity contribution in [3.8, 4) is 17.0 Å². The first-order valence-corrected chi connectivity index (χ1v) is 11.1. The lowest BCUT2D eigenvalue weighted by atomic mass is 9.97. The minimum Gasteiger partial charge on any atom is -0.490 e. The Morgan fingerprint density at radius 3 is 2.53 bits per heavy atom. The van der Waals surface area contributed by atoms with Crippen LogP contribution in [0.25, 0.3) is 11.3 Å². The third-order valence-electron chi connectivity index (χ3n) is 5.84. The lowest BCUT2D eigenvalue weighted by molar-refractivity contribution is -0.176. The molecule has 34 heavy (non-hydrogen) atoms. The van der Waals surface area contributed by atoms with Crippen molar-refractivity contribution in [3.63, 3.8) is 0 Å². The molecule has 0 bridgehead atoms. The van der Waals surface area contributed by atoms with Crippen LogP contribution < -0.4 is 9.64 Å². The molecule has 0 radical (unpaired) electrons. The average molecular weight is 483 g/mol. The monoisotopic (exact) mass is 483 g/mol. The zero-order valence-electron chi connectivity index (χ0n) is 18.4. The summed E-state index contributed by atoms with van der Waals surface area (Å²) in [5, 5.41) is 9.26. The second-order valence-corrected chi connectivity index (χ2v) is 8.64. The Hall–Kier alpha value is -2.95. The zero-order valence-corrected chi connectivity index (χ0v) is 18.4. The molecule has 2 heterocycles.